The molecule has 152 valence electrons. The van der Waals surface area contributed by atoms with Crippen LogP contribution in [0.1, 0.15) is 44.4 Å². The van der Waals surface area contributed by atoms with E-state index in [0.717, 1.165) is 55.7 Å². The fraction of sp³-hybridized carbons (Fsp3) is 0.458. The van der Waals surface area contributed by atoms with E-state index in [1.807, 2.05) is 16.8 Å². The quantitative estimate of drug-likeness (QED) is 0.642. The van der Waals surface area contributed by atoms with E-state index in [1.165, 1.54) is 16.7 Å². The molecule has 3 aromatic rings. The van der Waals surface area contributed by atoms with Gasteiger partial charge in [-0.05, 0) is 69.0 Å². The van der Waals surface area contributed by atoms with Crippen molar-refractivity contribution in [3.8, 4) is 16.9 Å². The zero-order valence-electron chi connectivity index (χ0n) is 17.5. The van der Waals surface area contributed by atoms with Gasteiger partial charge in [0.15, 0.2) is 0 Å². The first-order valence-electron chi connectivity index (χ1n) is 10.7. The molecule has 5 nitrogen and oxygen atoms in total. The van der Waals surface area contributed by atoms with E-state index in [9.17, 15) is 0 Å². The number of hydroxylamine groups is 2. The van der Waals surface area contributed by atoms with Crippen LogP contribution >= 0.6 is 0 Å². The van der Waals surface area contributed by atoms with Crippen LogP contribution in [-0.2, 0) is 11.3 Å². The van der Waals surface area contributed by atoms with Crippen LogP contribution in [0.5, 0.6) is 5.75 Å². The fourth-order valence-electron chi connectivity index (χ4n) is 4.77. The number of piperidine rings is 1. The van der Waals surface area contributed by atoms with Crippen molar-refractivity contribution >= 4 is 5.52 Å². The largest absolute Gasteiger partial charge is 0.487 e. The molecule has 5 heteroatoms. The lowest BCUT2D eigenvalue weighted by molar-refractivity contribution is -0.214. The van der Waals surface area contributed by atoms with Gasteiger partial charge in [-0.25, -0.2) is 4.52 Å². The van der Waals surface area contributed by atoms with Crippen molar-refractivity contribution in [1.82, 2.24) is 14.7 Å². The molecule has 5 rings (SSSR count). The fourth-order valence-corrected chi connectivity index (χ4v) is 4.77. The molecule has 0 saturated carbocycles. The number of aryl methyl sites for hydroxylation is 2. The summed E-state index contributed by atoms with van der Waals surface area (Å²) in [6.45, 7) is 8.18. The van der Waals surface area contributed by atoms with Gasteiger partial charge in [-0.3, -0.25) is 4.84 Å². The third-order valence-electron chi connectivity index (χ3n) is 6.34. The van der Waals surface area contributed by atoms with Crippen molar-refractivity contribution in [2.75, 3.05) is 13.1 Å². The first-order chi connectivity index (χ1) is 14.0. The maximum atomic E-state index is 6.59. The van der Waals surface area contributed by atoms with Gasteiger partial charge in [-0.15, -0.1) is 0 Å². The van der Waals surface area contributed by atoms with Crippen LogP contribution in [0.3, 0.4) is 0 Å². The number of nitrogens with zero attached hydrogens (tertiary/aromatic N) is 3. The Bertz CT molecular complexity index is 1030. The molecule has 2 aliphatic heterocycles. The molecule has 0 bridgehead atoms. The Hall–Kier alpha value is -2.37. The van der Waals surface area contributed by atoms with E-state index >= 15 is 0 Å². The highest BCUT2D eigenvalue weighted by molar-refractivity contribution is 5.70. The molecule has 29 heavy (non-hydrogen) atoms. The molecule has 0 N–H and O–H groups in total. The second kappa shape index (κ2) is 7.15. The lowest BCUT2D eigenvalue weighted by Crippen LogP contribution is -2.50. The maximum absolute atomic E-state index is 6.59. The van der Waals surface area contributed by atoms with Crippen LogP contribution in [-0.4, -0.2) is 39.5 Å². The molecule has 0 unspecified atom stereocenters. The average molecular weight is 392 g/mol. The Kier molecular flexibility index (Phi) is 4.60. The van der Waals surface area contributed by atoms with Gasteiger partial charge in [0.1, 0.15) is 11.4 Å². The molecule has 1 aromatic carbocycles. The average Bonchev–Trinajstić information content (AvgIpc) is 3.19. The van der Waals surface area contributed by atoms with Crippen LogP contribution in [0, 0.1) is 6.92 Å². The molecule has 0 aliphatic carbocycles. The zero-order valence-corrected chi connectivity index (χ0v) is 17.5. The Morgan fingerprint density at radius 1 is 1.07 bits per heavy atom. The van der Waals surface area contributed by atoms with E-state index in [1.54, 1.807) is 0 Å². The van der Waals surface area contributed by atoms with E-state index in [-0.39, 0.29) is 11.7 Å². The van der Waals surface area contributed by atoms with Gasteiger partial charge < -0.3 is 4.74 Å². The first kappa shape index (κ1) is 18.6. The van der Waals surface area contributed by atoms with Gasteiger partial charge in [0.2, 0.25) is 0 Å². The molecule has 0 atom stereocenters. The van der Waals surface area contributed by atoms with Gasteiger partial charge in [-0.2, -0.15) is 10.2 Å². The monoisotopic (exact) mass is 391 g/mol. The summed E-state index contributed by atoms with van der Waals surface area (Å²) in [6, 6.07) is 13.0. The Balaban J connectivity index is 1.37. The molecule has 1 spiro atoms. The van der Waals surface area contributed by atoms with E-state index < -0.39 is 0 Å². The van der Waals surface area contributed by atoms with E-state index in [0.29, 0.717) is 0 Å². The lowest BCUT2D eigenvalue weighted by Gasteiger charge is -2.44. The third kappa shape index (κ3) is 3.43. The third-order valence-corrected chi connectivity index (χ3v) is 6.34. The van der Waals surface area contributed by atoms with Gasteiger partial charge in [0.05, 0.1) is 11.6 Å². The molecular formula is C24H29N3O2. The van der Waals surface area contributed by atoms with Crippen molar-refractivity contribution < 1.29 is 9.57 Å². The van der Waals surface area contributed by atoms with Crippen molar-refractivity contribution in [1.29, 1.82) is 0 Å². The van der Waals surface area contributed by atoms with Crippen LogP contribution < -0.4 is 4.74 Å². The van der Waals surface area contributed by atoms with Crippen molar-refractivity contribution in [3.63, 3.8) is 0 Å². The number of hydrogen-bond acceptors (Lipinski definition) is 4. The summed E-state index contributed by atoms with van der Waals surface area (Å²) in [4.78, 5) is 5.87. The second-order valence-corrected chi connectivity index (χ2v) is 8.69. The SMILES string of the molecule is Cc1c(-c2ccc3c(c2)CCC2(CCN(OC(C)C)CC2)O3)ccc2ccnn12. The summed E-state index contributed by atoms with van der Waals surface area (Å²) >= 11 is 0. The molecule has 0 amide bonds. The minimum atomic E-state index is -0.0325. The molecule has 1 saturated heterocycles. The highest BCUT2D eigenvalue weighted by atomic mass is 16.7. The van der Waals surface area contributed by atoms with Crippen molar-refractivity contribution in [2.45, 2.75) is 58.2 Å². The van der Waals surface area contributed by atoms with Crippen LogP contribution in [0.15, 0.2) is 42.6 Å². The second-order valence-electron chi connectivity index (χ2n) is 8.69. The molecule has 0 radical (unpaired) electrons. The normalized spacial score (nSPS) is 18.9. The maximum Gasteiger partial charge on any atom is 0.123 e. The Morgan fingerprint density at radius 2 is 1.90 bits per heavy atom. The Morgan fingerprint density at radius 3 is 2.69 bits per heavy atom. The number of aromatic nitrogens is 2. The number of pyridine rings is 1. The summed E-state index contributed by atoms with van der Waals surface area (Å²) in [5.74, 6) is 1.05. The predicted octanol–water partition coefficient (Wildman–Crippen LogP) is 4.81. The molecular weight excluding hydrogens is 362 g/mol. The zero-order chi connectivity index (χ0) is 20.0. The summed E-state index contributed by atoms with van der Waals surface area (Å²) in [7, 11) is 0. The smallest absolute Gasteiger partial charge is 0.123 e. The highest BCUT2D eigenvalue weighted by Gasteiger charge is 2.40. The number of ether oxygens (including phenoxy) is 1. The minimum Gasteiger partial charge on any atom is -0.487 e. The summed E-state index contributed by atoms with van der Waals surface area (Å²) in [5.41, 5.74) is 6.03. The number of rotatable bonds is 3. The summed E-state index contributed by atoms with van der Waals surface area (Å²) in [6.07, 6.45) is 6.28. The van der Waals surface area contributed by atoms with Crippen molar-refractivity contribution in [2.24, 2.45) is 0 Å². The Labute approximate surface area is 172 Å². The molecule has 2 aromatic heterocycles. The number of fused-ring (bicyclic) bond motifs is 2. The van der Waals surface area contributed by atoms with Crippen LogP contribution in [0.2, 0.25) is 0 Å². The first-order valence-corrected chi connectivity index (χ1v) is 10.7. The van der Waals surface area contributed by atoms with Crippen molar-refractivity contribution in [3.05, 3.63) is 53.9 Å². The van der Waals surface area contributed by atoms with Gasteiger partial charge in [-0.1, -0.05) is 12.1 Å². The standard InChI is InChI=1S/C24H29N3O2/c1-17(2)29-26-14-11-24(12-15-26)10-8-20-16-19(4-7-23(20)28-24)22-6-5-21-9-13-25-27(21)18(22)3/h4-7,9,13,16-17H,8,10-12,14-15H2,1-3H3. The van der Waals surface area contributed by atoms with E-state index in [4.69, 9.17) is 9.57 Å². The van der Waals surface area contributed by atoms with E-state index in [2.05, 4.69) is 61.3 Å². The predicted molar refractivity (Wildman–Crippen MR) is 114 cm³/mol. The number of hydrogen-bond donors (Lipinski definition) is 0. The van der Waals surface area contributed by atoms with Crippen LogP contribution in [0.25, 0.3) is 16.6 Å². The number of benzene rings is 1. The van der Waals surface area contributed by atoms with Gasteiger partial charge in [0.25, 0.3) is 0 Å². The highest BCUT2D eigenvalue weighted by Crippen LogP contribution is 2.41. The summed E-state index contributed by atoms with van der Waals surface area (Å²) < 4.78 is 8.60. The minimum absolute atomic E-state index is 0.0325. The summed E-state index contributed by atoms with van der Waals surface area (Å²) in [5, 5.41) is 6.55. The molecule has 4 heterocycles. The van der Waals surface area contributed by atoms with Gasteiger partial charge >= 0.3 is 0 Å². The molecule has 2 aliphatic rings. The molecule has 1 fully saturated rings. The van der Waals surface area contributed by atoms with Crippen LogP contribution in [0.4, 0.5) is 0 Å². The van der Waals surface area contributed by atoms with Gasteiger partial charge in [0, 0.05) is 43.4 Å². The topological polar surface area (TPSA) is 39.0 Å². The lowest BCUT2D eigenvalue weighted by atomic mass is 9.83.